The van der Waals surface area contributed by atoms with Crippen molar-refractivity contribution in [2.24, 2.45) is 10.8 Å². The zero-order chi connectivity index (χ0) is 52.3. The summed E-state index contributed by atoms with van der Waals surface area (Å²) in [6.45, 7) is 10.9. The van der Waals surface area contributed by atoms with Gasteiger partial charge >= 0.3 is 0 Å². The van der Waals surface area contributed by atoms with Gasteiger partial charge in [0.2, 0.25) is 47.3 Å². The van der Waals surface area contributed by atoms with Crippen molar-refractivity contribution in [2.45, 2.75) is 126 Å². The molecule has 0 bridgehead atoms. The van der Waals surface area contributed by atoms with Gasteiger partial charge in [0.1, 0.15) is 36.3 Å². The highest BCUT2D eigenvalue weighted by molar-refractivity contribution is 8.00. The van der Waals surface area contributed by atoms with Crippen molar-refractivity contribution in [3.8, 4) is 23.7 Å². The third kappa shape index (κ3) is 14.7. The minimum Gasteiger partial charge on any atom is -0.343 e. The molecule has 0 radical (unpaired) electrons. The number of carbonyl (C=O) groups excluding carboxylic acids is 8. The van der Waals surface area contributed by atoms with Crippen LogP contribution < -0.4 is 42.5 Å². The molecule has 4 heterocycles. The first-order valence-electron chi connectivity index (χ1n) is 24.3. The minimum absolute atomic E-state index is 0. The SMILES string of the molecule is CNC(C)C(=O)N[C@H]1CCS[C@H]2CC(C)(C)[C@@H](C(=O)NC(C(=O)NCC#CC#CCNC(=O)C(NC(=O)[C@H]3N4C(=O)[C@@H](NC(=O)C(C)NC)CCS[C@H]4CC3(C)C)c3ccccc3)c3ccccc3)N2C1=O.Cl.Cl. The summed E-state index contributed by atoms with van der Waals surface area (Å²) in [5.74, 6) is 8.80. The molecule has 6 rings (SSSR count). The fraction of sp³-hybridized carbons (Fsp3) is 0.538. The molecule has 4 fully saturated rings. The van der Waals surface area contributed by atoms with E-state index in [9.17, 15) is 38.4 Å². The van der Waals surface area contributed by atoms with Crippen LogP contribution in [0.5, 0.6) is 0 Å². The average Bonchev–Trinajstić information content (AvgIpc) is 3.68. The molecule has 8 N–H and O–H groups in total. The van der Waals surface area contributed by atoms with Crippen LogP contribution in [0.1, 0.15) is 90.4 Å². The Morgan fingerprint density at radius 1 is 0.595 bits per heavy atom. The first-order valence-corrected chi connectivity index (χ1v) is 26.4. The second-order valence-corrected chi connectivity index (χ2v) is 22.4. The molecular formula is C52H70Cl2N10O8S2. The highest BCUT2D eigenvalue weighted by atomic mass is 35.5. The fourth-order valence-electron chi connectivity index (χ4n) is 9.54. The van der Waals surface area contributed by atoms with Crippen molar-refractivity contribution in [3.63, 3.8) is 0 Å². The summed E-state index contributed by atoms with van der Waals surface area (Å²) in [5.41, 5.74) is -0.263. The van der Waals surface area contributed by atoms with Crippen molar-refractivity contribution in [1.29, 1.82) is 0 Å². The van der Waals surface area contributed by atoms with Crippen LogP contribution >= 0.6 is 48.3 Å². The van der Waals surface area contributed by atoms with Crippen molar-refractivity contribution in [2.75, 3.05) is 38.7 Å². The summed E-state index contributed by atoms with van der Waals surface area (Å²) < 4.78 is 0. The Bertz CT molecular complexity index is 2320. The summed E-state index contributed by atoms with van der Waals surface area (Å²) in [5, 5.41) is 22.3. The van der Waals surface area contributed by atoms with Gasteiger partial charge in [-0.2, -0.15) is 0 Å². The van der Waals surface area contributed by atoms with Crippen molar-refractivity contribution < 1.29 is 38.4 Å². The Morgan fingerprint density at radius 2 is 0.946 bits per heavy atom. The summed E-state index contributed by atoms with van der Waals surface area (Å²) in [7, 11) is 3.32. The van der Waals surface area contributed by atoms with Crippen LogP contribution in [0.2, 0.25) is 0 Å². The van der Waals surface area contributed by atoms with E-state index in [1.165, 1.54) is 0 Å². The van der Waals surface area contributed by atoms with Crippen LogP contribution in [0.4, 0.5) is 0 Å². The Balaban J connectivity index is 0.00000593. The first kappa shape index (κ1) is 61.1. The average molecular weight is 1100 g/mol. The van der Waals surface area contributed by atoms with Crippen LogP contribution in [0.25, 0.3) is 0 Å². The molecule has 74 heavy (non-hydrogen) atoms. The number of rotatable bonds is 16. The maximum Gasteiger partial charge on any atom is 0.247 e. The Kier molecular flexibility index (Phi) is 22.6. The lowest BCUT2D eigenvalue weighted by atomic mass is 9.83. The van der Waals surface area contributed by atoms with Gasteiger partial charge in [-0.15, -0.1) is 48.3 Å². The van der Waals surface area contributed by atoms with E-state index in [0.29, 0.717) is 48.3 Å². The van der Waals surface area contributed by atoms with E-state index in [1.54, 1.807) is 122 Å². The molecule has 402 valence electrons. The van der Waals surface area contributed by atoms with Crippen molar-refractivity contribution >= 4 is 95.6 Å². The van der Waals surface area contributed by atoms with Gasteiger partial charge in [0.05, 0.1) is 35.9 Å². The summed E-state index contributed by atoms with van der Waals surface area (Å²) in [6, 6.07) is 10.8. The van der Waals surface area contributed by atoms with Gasteiger partial charge in [-0.3, -0.25) is 38.4 Å². The Labute approximate surface area is 455 Å². The Hall–Kier alpha value is -5.48. The first-order chi connectivity index (χ1) is 34.3. The number of hydrogen-bond acceptors (Lipinski definition) is 12. The topological polar surface area (TPSA) is 239 Å². The molecule has 0 spiro atoms. The minimum atomic E-state index is -1.13. The number of likely N-dealkylation sites (N-methyl/N-ethyl adjacent to an activating group) is 2. The molecule has 4 aliphatic heterocycles. The molecule has 4 unspecified atom stereocenters. The number of nitrogens with zero attached hydrogens (tertiary/aromatic N) is 2. The molecule has 0 saturated carbocycles. The van der Waals surface area contributed by atoms with Crippen molar-refractivity contribution in [3.05, 3.63) is 71.8 Å². The molecule has 4 saturated heterocycles. The van der Waals surface area contributed by atoms with E-state index in [2.05, 4.69) is 66.2 Å². The van der Waals surface area contributed by atoms with Crippen LogP contribution in [-0.4, -0.2) is 143 Å². The van der Waals surface area contributed by atoms with Gasteiger partial charge in [0, 0.05) is 0 Å². The predicted octanol–water partition coefficient (Wildman–Crippen LogP) is 2.15. The number of halogens is 2. The smallest absolute Gasteiger partial charge is 0.247 e. The van der Waals surface area contributed by atoms with Crippen LogP contribution in [0.3, 0.4) is 0 Å². The second-order valence-electron chi connectivity index (χ2n) is 19.8. The number of nitrogens with one attached hydrogen (secondary N) is 8. The highest BCUT2D eigenvalue weighted by Crippen LogP contribution is 2.48. The summed E-state index contributed by atoms with van der Waals surface area (Å²) >= 11 is 3.15. The number of benzene rings is 2. The van der Waals surface area contributed by atoms with E-state index in [0.717, 1.165) is 0 Å². The van der Waals surface area contributed by atoms with Gasteiger partial charge in [0.25, 0.3) is 0 Å². The lowest BCUT2D eigenvalue weighted by Crippen LogP contribution is -2.58. The number of carbonyl (C=O) groups is 8. The molecule has 0 aromatic heterocycles. The van der Waals surface area contributed by atoms with Gasteiger partial charge in [-0.1, -0.05) is 100 Å². The van der Waals surface area contributed by atoms with Gasteiger partial charge in [-0.05, 0) is 98.9 Å². The molecule has 0 aliphatic carbocycles. The second kappa shape index (κ2) is 27.3. The molecule has 2 aromatic carbocycles. The molecular weight excluding hydrogens is 1030 g/mol. The zero-order valence-electron chi connectivity index (χ0n) is 43.0. The van der Waals surface area contributed by atoms with E-state index < -0.39 is 82.8 Å². The Morgan fingerprint density at radius 3 is 1.28 bits per heavy atom. The molecule has 22 heteroatoms. The maximum absolute atomic E-state index is 14.4. The molecule has 18 nitrogen and oxygen atoms in total. The normalized spacial score (nSPS) is 23.9. The van der Waals surface area contributed by atoms with Crippen LogP contribution in [0.15, 0.2) is 60.7 Å². The number of hydrogen-bond donors (Lipinski definition) is 8. The van der Waals surface area contributed by atoms with E-state index in [1.807, 2.05) is 27.7 Å². The largest absolute Gasteiger partial charge is 0.343 e. The zero-order valence-corrected chi connectivity index (χ0v) is 46.3. The molecule has 8 amide bonds. The van der Waals surface area contributed by atoms with Crippen molar-refractivity contribution in [1.82, 2.24) is 52.3 Å². The van der Waals surface area contributed by atoms with E-state index >= 15 is 0 Å². The summed E-state index contributed by atoms with van der Waals surface area (Å²) in [6.07, 6.45) is 1.93. The number of thioether (sulfide) groups is 2. The van der Waals surface area contributed by atoms with E-state index in [-0.39, 0.29) is 72.3 Å². The number of fused-ring (bicyclic) bond motifs is 2. The standard InChI is InChI=1S/C52H68N10O8S2.2ClH/c1-31(53-7)43(63)57-35-23-27-71-37-29-51(3,4)41(61(37)49(35)69)47(67)59-39(33-19-13-11-14-20-33)45(65)55-25-17-9-10-18-26-56-46(66)40(34-21-15-12-16-22-34)60-48(68)42-52(5,6)30-38-62(42)50(70)36(24-28-72-38)58-44(64)32(2)54-8;;/h11-16,19-22,31-32,35-42,53-54H,23-30H2,1-8H3,(H,55,65)(H,56,66)(H,57,63)(H,58,64)(H,59,67)(H,60,68);2*1H/t31?,32?,35-,36-,37-,38-,39?,40?,41+,42+;;/m0../s1. The lowest BCUT2D eigenvalue weighted by Gasteiger charge is -2.35. The van der Waals surface area contributed by atoms with Gasteiger partial charge in [-0.25, -0.2) is 0 Å². The predicted molar refractivity (Wildman–Crippen MR) is 291 cm³/mol. The quantitative estimate of drug-likeness (QED) is 0.113. The van der Waals surface area contributed by atoms with Crippen LogP contribution in [-0.2, 0) is 38.4 Å². The third-order valence-electron chi connectivity index (χ3n) is 13.7. The molecule has 4 aliphatic rings. The maximum atomic E-state index is 14.4. The lowest BCUT2D eigenvalue weighted by molar-refractivity contribution is -0.144. The van der Waals surface area contributed by atoms with Gasteiger partial charge in [0.15, 0.2) is 0 Å². The highest BCUT2D eigenvalue weighted by Gasteiger charge is 2.56. The fourth-order valence-corrected chi connectivity index (χ4v) is 12.7. The number of amides is 8. The van der Waals surface area contributed by atoms with Crippen LogP contribution in [0, 0.1) is 34.5 Å². The molecule has 2 aromatic rings. The monoisotopic (exact) mass is 1100 g/mol. The van der Waals surface area contributed by atoms with E-state index in [4.69, 9.17) is 0 Å². The summed E-state index contributed by atoms with van der Waals surface area (Å²) in [4.78, 5) is 113. The van der Waals surface area contributed by atoms with Gasteiger partial charge < -0.3 is 52.3 Å². The third-order valence-corrected chi connectivity index (χ3v) is 16.2. The molecule has 10 atom stereocenters.